The maximum atomic E-state index is 13.1. The van der Waals surface area contributed by atoms with Gasteiger partial charge in [-0.05, 0) is 30.5 Å². The molecule has 1 heterocycles. The summed E-state index contributed by atoms with van der Waals surface area (Å²) in [6, 6.07) is 7.57. The number of hydrogen-bond donors (Lipinski definition) is 2. The molecule has 0 radical (unpaired) electrons. The van der Waals surface area contributed by atoms with Crippen LogP contribution in [0.1, 0.15) is 30.4 Å². The van der Waals surface area contributed by atoms with Gasteiger partial charge in [0.2, 0.25) is 0 Å². The van der Waals surface area contributed by atoms with Crippen molar-refractivity contribution in [3.05, 3.63) is 53.9 Å². The fraction of sp³-hybridized carbons (Fsp3) is 0.474. The number of rotatable bonds is 6. The summed E-state index contributed by atoms with van der Waals surface area (Å²) in [4.78, 5) is 4.20. The molecule has 1 aromatic heterocycles. The lowest BCUT2D eigenvalue weighted by molar-refractivity contribution is -0.137. The summed E-state index contributed by atoms with van der Waals surface area (Å²) in [5, 5.41) is 10.6. The summed E-state index contributed by atoms with van der Waals surface area (Å²) < 4.78 is 41.0. The highest BCUT2D eigenvalue weighted by molar-refractivity contribution is 14.0. The average molecular weight is 507 g/mol. The largest absolute Gasteiger partial charge is 0.416 e. The van der Waals surface area contributed by atoms with Crippen molar-refractivity contribution in [1.82, 2.24) is 20.4 Å². The van der Waals surface area contributed by atoms with E-state index in [0.717, 1.165) is 30.9 Å². The topological polar surface area (TPSA) is 54.2 Å². The van der Waals surface area contributed by atoms with Crippen molar-refractivity contribution in [2.24, 2.45) is 4.99 Å². The third-order valence-electron chi connectivity index (χ3n) is 5.12. The Kier molecular flexibility index (Phi) is 7.73. The first-order chi connectivity index (χ1) is 12.9. The van der Waals surface area contributed by atoms with Gasteiger partial charge in [0.1, 0.15) is 0 Å². The molecule has 0 unspecified atom stereocenters. The highest BCUT2D eigenvalue weighted by Crippen LogP contribution is 2.44. The molecule has 0 saturated heterocycles. The molecule has 3 rings (SSSR count). The van der Waals surface area contributed by atoms with Crippen molar-refractivity contribution in [2.45, 2.75) is 37.4 Å². The van der Waals surface area contributed by atoms with E-state index in [1.165, 1.54) is 12.1 Å². The van der Waals surface area contributed by atoms with Crippen LogP contribution in [0.3, 0.4) is 0 Å². The third-order valence-corrected chi connectivity index (χ3v) is 5.12. The molecule has 1 aliphatic rings. The Morgan fingerprint density at radius 2 is 2.04 bits per heavy atom. The standard InChI is InChI=1S/C19H24F3N5.HI/c1-23-17(24-10-12-27-11-4-9-26-27)25-14-18(7-3-8-18)15-5-2-6-16(13-15)19(20,21)22;/h2,4-6,9,11,13H,3,7-8,10,12,14H2,1H3,(H2,23,24,25);1H. The molecule has 28 heavy (non-hydrogen) atoms. The number of halogens is 4. The van der Waals surface area contributed by atoms with Crippen molar-refractivity contribution in [1.29, 1.82) is 0 Å². The molecule has 154 valence electrons. The third kappa shape index (κ3) is 5.39. The number of aromatic nitrogens is 2. The van der Waals surface area contributed by atoms with Gasteiger partial charge in [-0.25, -0.2) is 0 Å². The number of hydrogen-bond acceptors (Lipinski definition) is 2. The Labute approximate surface area is 179 Å². The zero-order valence-corrected chi connectivity index (χ0v) is 18.0. The maximum Gasteiger partial charge on any atom is 0.416 e. The lowest BCUT2D eigenvalue weighted by atomic mass is 9.64. The molecule has 1 aromatic carbocycles. The first-order valence-electron chi connectivity index (χ1n) is 9.03. The number of nitrogens with zero attached hydrogens (tertiary/aromatic N) is 3. The van der Waals surface area contributed by atoms with Crippen molar-refractivity contribution < 1.29 is 13.2 Å². The van der Waals surface area contributed by atoms with E-state index in [1.54, 1.807) is 19.3 Å². The van der Waals surface area contributed by atoms with E-state index >= 15 is 0 Å². The summed E-state index contributed by atoms with van der Waals surface area (Å²) in [7, 11) is 1.68. The predicted octanol–water partition coefficient (Wildman–Crippen LogP) is 3.81. The van der Waals surface area contributed by atoms with Crippen LogP contribution in [0.2, 0.25) is 0 Å². The predicted molar refractivity (Wildman–Crippen MR) is 114 cm³/mol. The first-order valence-corrected chi connectivity index (χ1v) is 9.03. The molecule has 2 N–H and O–H groups in total. The maximum absolute atomic E-state index is 13.1. The van der Waals surface area contributed by atoms with E-state index in [4.69, 9.17) is 0 Å². The minimum atomic E-state index is -4.32. The molecule has 1 aliphatic carbocycles. The highest BCUT2D eigenvalue weighted by atomic mass is 127. The van der Waals surface area contributed by atoms with E-state index in [9.17, 15) is 13.2 Å². The van der Waals surface area contributed by atoms with Gasteiger partial charge in [-0.15, -0.1) is 24.0 Å². The summed E-state index contributed by atoms with van der Waals surface area (Å²) in [5.74, 6) is 0.639. The van der Waals surface area contributed by atoms with Crippen LogP contribution < -0.4 is 10.6 Å². The van der Waals surface area contributed by atoms with Gasteiger partial charge in [-0.2, -0.15) is 18.3 Å². The number of guanidine groups is 1. The van der Waals surface area contributed by atoms with Crippen molar-refractivity contribution in [2.75, 3.05) is 20.1 Å². The molecule has 0 spiro atoms. The molecule has 0 atom stereocenters. The van der Waals surface area contributed by atoms with Crippen molar-refractivity contribution >= 4 is 29.9 Å². The molecule has 1 fully saturated rings. The monoisotopic (exact) mass is 507 g/mol. The summed E-state index contributed by atoms with van der Waals surface area (Å²) in [6.45, 7) is 1.90. The Bertz CT molecular complexity index is 770. The van der Waals surface area contributed by atoms with E-state index in [2.05, 4.69) is 20.7 Å². The van der Waals surface area contributed by atoms with Crippen LogP contribution >= 0.6 is 24.0 Å². The SMILES string of the molecule is CN=C(NCCn1cccn1)NCC1(c2cccc(C(F)(F)F)c2)CCC1.I. The molecule has 1 saturated carbocycles. The zero-order chi connectivity index (χ0) is 19.3. The van der Waals surface area contributed by atoms with Gasteiger partial charge < -0.3 is 10.6 Å². The summed E-state index contributed by atoms with van der Waals surface area (Å²) >= 11 is 0. The van der Waals surface area contributed by atoms with Crippen LogP contribution in [0.25, 0.3) is 0 Å². The van der Waals surface area contributed by atoms with Crippen LogP contribution in [-0.2, 0) is 18.1 Å². The smallest absolute Gasteiger partial charge is 0.356 e. The van der Waals surface area contributed by atoms with Crippen molar-refractivity contribution in [3.63, 3.8) is 0 Å². The average Bonchev–Trinajstić information content (AvgIpc) is 3.12. The Morgan fingerprint density at radius 1 is 1.25 bits per heavy atom. The first kappa shape index (κ1) is 22.5. The molecular formula is C19H25F3IN5. The number of aliphatic imine (C=N–C) groups is 1. The van der Waals surface area contributed by atoms with Crippen LogP contribution in [0.5, 0.6) is 0 Å². The Balaban J connectivity index is 0.00000280. The lowest BCUT2D eigenvalue weighted by Gasteiger charge is -2.43. The van der Waals surface area contributed by atoms with Gasteiger partial charge in [0.05, 0.1) is 12.1 Å². The van der Waals surface area contributed by atoms with E-state index in [0.29, 0.717) is 25.6 Å². The quantitative estimate of drug-likeness (QED) is 0.356. The van der Waals surface area contributed by atoms with Gasteiger partial charge in [0, 0.05) is 37.9 Å². The highest BCUT2D eigenvalue weighted by Gasteiger charge is 2.40. The zero-order valence-electron chi connectivity index (χ0n) is 15.7. The molecular weight excluding hydrogens is 482 g/mol. The molecule has 5 nitrogen and oxygen atoms in total. The Morgan fingerprint density at radius 3 is 2.61 bits per heavy atom. The van der Waals surface area contributed by atoms with Crippen LogP contribution in [0, 0.1) is 0 Å². The van der Waals surface area contributed by atoms with Gasteiger partial charge >= 0.3 is 6.18 Å². The molecule has 0 aliphatic heterocycles. The fourth-order valence-electron chi connectivity index (χ4n) is 3.39. The second-order valence-corrected chi connectivity index (χ2v) is 6.83. The van der Waals surface area contributed by atoms with Gasteiger partial charge in [0.15, 0.2) is 5.96 Å². The van der Waals surface area contributed by atoms with Crippen molar-refractivity contribution in [3.8, 4) is 0 Å². The summed E-state index contributed by atoms with van der Waals surface area (Å²) in [5.41, 5.74) is -0.128. The lowest BCUT2D eigenvalue weighted by Crippen LogP contribution is -2.49. The number of alkyl halides is 3. The number of nitrogens with one attached hydrogen (secondary N) is 2. The van der Waals surface area contributed by atoms with Gasteiger partial charge in [-0.3, -0.25) is 9.67 Å². The van der Waals surface area contributed by atoms with Crippen LogP contribution in [-0.4, -0.2) is 35.9 Å². The second kappa shape index (κ2) is 9.62. The van der Waals surface area contributed by atoms with Crippen LogP contribution in [0.4, 0.5) is 13.2 Å². The van der Waals surface area contributed by atoms with E-state index in [1.807, 2.05) is 16.9 Å². The minimum Gasteiger partial charge on any atom is -0.356 e. The number of benzene rings is 1. The molecule has 2 aromatic rings. The van der Waals surface area contributed by atoms with Crippen LogP contribution in [0.15, 0.2) is 47.7 Å². The van der Waals surface area contributed by atoms with Gasteiger partial charge in [0.25, 0.3) is 0 Å². The molecule has 9 heteroatoms. The summed E-state index contributed by atoms with van der Waals surface area (Å²) in [6.07, 6.45) is 2.04. The normalized spacial score (nSPS) is 16.1. The fourth-order valence-corrected chi connectivity index (χ4v) is 3.39. The molecule has 0 bridgehead atoms. The second-order valence-electron chi connectivity index (χ2n) is 6.83. The van der Waals surface area contributed by atoms with E-state index in [-0.39, 0.29) is 29.4 Å². The van der Waals surface area contributed by atoms with E-state index < -0.39 is 11.7 Å². The van der Waals surface area contributed by atoms with Gasteiger partial charge in [-0.1, -0.05) is 24.6 Å². The Hall–Kier alpha value is -1.78. The molecule has 0 amide bonds. The minimum absolute atomic E-state index is 0.